The van der Waals surface area contributed by atoms with Crippen molar-refractivity contribution in [2.75, 3.05) is 31.6 Å². The maximum absolute atomic E-state index is 5.66. The van der Waals surface area contributed by atoms with Crippen LogP contribution in [0.1, 0.15) is 12.1 Å². The number of hydrogen-bond acceptors (Lipinski definition) is 4. The Kier molecular flexibility index (Phi) is 5.63. The summed E-state index contributed by atoms with van der Waals surface area (Å²) in [4.78, 5) is 2.35. The second kappa shape index (κ2) is 7.69. The van der Waals surface area contributed by atoms with Crippen molar-refractivity contribution in [3.05, 3.63) is 42.2 Å². The van der Waals surface area contributed by atoms with Crippen molar-refractivity contribution in [1.82, 2.24) is 9.78 Å². The molecule has 0 aliphatic rings. The summed E-state index contributed by atoms with van der Waals surface area (Å²) in [6, 6.07) is 10.2. The molecule has 2 rings (SSSR count). The van der Waals surface area contributed by atoms with Gasteiger partial charge in [0.2, 0.25) is 0 Å². The predicted octanol–water partition coefficient (Wildman–Crippen LogP) is 1.83. The maximum Gasteiger partial charge on any atom is 0.120 e. The van der Waals surface area contributed by atoms with Gasteiger partial charge >= 0.3 is 0 Å². The second-order valence-electron chi connectivity index (χ2n) is 5.03. The van der Waals surface area contributed by atoms with Crippen LogP contribution in [0.2, 0.25) is 0 Å². The first-order valence-corrected chi connectivity index (χ1v) is 7.30. The monoisotopic (exact) mass is 288 g/mol. The molecule has 0 unspecified atom stereocenters. The third-order valence-electron chi connectivity index (χ3n) is 3.61. The molecule has 21 heavy (non-hydrogen) atoms. The quantitative estimate of drug-likeness (QED) is 0.805. The van der Waals surface area contributed by atoms with Gasteiger partial charge in [-0.3, -0.25) is 4.68 Å². The number of aryl methyl sites for hydroxylation is 1. The van der Waals surface area contributed by atoms with Gasteiger partial charge in [0.15, 0.2) is 0 Å². The zero-order valence-corrected chi connectivity index (χ0v) is 12.8. The molecule has 0 atom stereocenters. The zero-order valence-electron chi connectivity index (χ0n) is 12.8. The Labute approximate surface area is 126 Å². The number of anilines is 1. The summed E-state index contributed by atoms with van der Waals surface area (Å²) in [5.41, 5.74) is 8.06. The number of nitrogens with zero attached hydrogens (tertiary/aromatic N) is 3. The van der Waals surface area contributed by atoms with Gasteiger partial charge in [-0.15, -0.1) is 0 Å². The van der Waals surface area contributed by atoms with Crippen LogP contribution in [0.5, 0.6) is 5.75 Å². The van der Waals surface area contributed by atoms with Gasteiger partial charge in [0, 0.05) is 50.2 Å². The van der Waals surface area contributed by atoms with Crippen LogP contribution in [0.15, 0.2) is 36.5 Å². The number of hydrogen-bond donors (Lipinski definition) is 1. The highest BCUT2D eigenvalue weighted by Crippen LogP contribution is 2.21. The van der Waals surface area contributed by atoms with E-state index >= 15 is 0 Å². The van der Waals surface area contributed by atoms with Gasteiger partial charge in [-0.05, 0) is 31.2 Å². The van der Waals surface area contributed by atoms with Gasteiger partial charge in [0.1, 0.15) is 5.75 Å². The Morgan fingerprint density at radius 2 is 2.14 bits per heavy atom. The average Bonchev–Trinajstić information content (AvgIpc) is 2.93. The third-order valence-corrected chi connectivity index (χ3v) is 3.61. The molecule has 114 valence electrons. The number of aromatic nitrogens is 2. The largest absolute Gasteiger partial charge is 0.497 e. The summed E-state index contributed by atoms with van der Waals surface area (Å²) in [7, 11) is 3.67. The summed E-state index contributed by atoms with van der Waals surface area (Å²) in [5, 5.41) is 4.21. The normalized spacial score (nSPS) is 10.6. The van der Waals surface area contributed by atoms with Crippen LogP contribution in [0.3, 0.4) is 0 Å². The Morgan fingerprint density at radius 1 is 1.29 bits per heavy atom. The van der Waals surface area contributed by atoms with Crippen molar-refractivity contribution < 1.29 is 4.74 Å². The highest BCUT2D eigenvalue weighted by atomic mass is 16.5. The second-order valence-corrected chi connectivity index (χ2v) is 5.03. The molecule has 0 saturated carbocycles. The molecule has 2 N–H and O–H groups in total. The first-order valence-electron chi connectivity index (χ1n) is 7.30. The van der Waals surface area contributed by atoms with Crippen molar-refractivity contribution in [3.63, 3.8) is 0 Å². The van der Waals surface area contributed by atoms with Gasteiger partial charge in [0.25, 0.3) is 0 Å². The first-order chi connectivity index (χ1) is 10.2. The minimum Gasteiger partial charge on any atom is -0.497 e. The van der Waals surface area contributed by atoms with Crippen LogP contribution in [-0.2, 0) is 13.5 Å². The Morgan fingerprint density at radius 3 is 2.81 bits per heavy atom. The minimum absolute atomic E-state index is 0.701. The Bertz CT molecular complexity index is 553. The number of rotatable bonds is 8. The van der Waals surface area contributed by atoms with E-state index in [0.29, 0.717) is 6.54 Å². The van der Waals surface area contributed by atoms with Crippen molar-refractivity contribution in [3.8, 4) is 5.75 Å². The predicted molar refractivity (Wildman–Crippen MR) is 85.8 cm³/mol. The number of benzene rings is 1. The van der Waals surface area contributed by atoms with E-state index in [1.165, 1.54) is 11.4 Å². The molecular weight excluding hydrogens is 264 g/mol. The molecule has 0 fully saturated rings. The Hall–Kier alpha value is -2.01. The molecule has 1 aromatic carbocycles. The molecule has 2 aromatic rings. The Balaban J connectivity index is 2.07. The number of nitrogens with two attached hydrogens (primary N) is 1. The summed E-state index contributed by atoms with van der Waals surface area (Å²) in [6.45, 7) is 2.58. The molecule has 0 amide bonds. The lowest BCUT2D eigenvalue weighted by Gasteiger charge is -2.25. The van der Waals surface area contributed by atoms with Crippen LogP contribution in [0.25, 0.3) is 0 Å². The van der Waals surface area contributed by atoms with Gasteiger partial charge in [0.05, 0.1) is 7.11 Å². The highest BCUT2D eigenvalue weighted by Gasteiger charge is 2.09. The van der Waals surface area contributed by atoms with Crippen LogP contribution >= 0.6 is 0 Å². The molecule has 1 heterocycles. The summed E-state index contributed by atoms with van der Waals surface area (Å²) in [6.07, 6.45) is 3.77. The van der Waals surface area contributed by atoms with Gasteiger partial charge < -0.3 is 15.4 Å². The molecule has 0 spiro atoms. The van der Waals surface area contributed by atoms with Crippen LogP contribution in [-0.4, -0.2) is 36.5 Å². The minimum atomic E-state index is 0.701. The summed E-state index contributed by atoms with van der Waals surface area (Å²) < 4.78 is 7.24. The third kappa shape index (κ3) is 4.23. The van der Waals surface area contributed by atoms with Crippen molar-refractivity contribution in [2.24, 2.45) is 12.8 Å². The van der Waals surface area contributed by atoms with Crippen LogP contribution in [0, 0.1) is 0 Å². The highest BCUT2D eigenvalue weighted by molar-refractivity contribution is 5.50. The summed E-state index contributed by atoms with van der Waals surface area (Å²) in [5.74, 6) is 0.880. The fourth-order valence-corrected chi connectivity index (χ4v) is 2.36. The van der Waals surface area contributed by atoms with Crippen LogP contribution in [0.4, 0.5) is 5.69 Å². The fourth-order valence-electron chi connectivity index (χ4n) is 2.36. The SMILES string of the molecule is COc1cccc(N(CCCN)CCc2ccnn2C)c1. The lowest BCUT2D eigenvalue weighted by atomic mass is 10.2. The molecule has 0 aliphatic carbocycles. The zero-order chi connectivity index (χ0) is 15.1. The van der Waals surface area contributed by atoms with E-state index in [2.05, 4.69) is 28.2 Å². The lowest BCUT2D eigenvalue weighted by Crippen LogP contribution is -2.28. The number of ether oxygens (including phenoxy) is 1. The molecule has 5 nitrogen and oxygen atoms in total. The van der Waals surface area contributed by atoms with E-state index in [4.69, 9.17) is 10.5 Å². The smallest absolute Gasteiger partial charge is 0.120 e. The number of methoxy groups -OCH3 is 1. The summed E-state index contributed by atoms with van der Waals surface area (Å²) >= 11 is 0. The van der Waals surface area contributed by atoms with Crippen LogP contribution < -0.4 is 15.4 Å². The van der Waals surface area contributed by atoms with E-state index in [9.17, 15) is 0 Å². The molecule has 5 heteroatoms. The van der Waals surface area contributed by atoms with Gasteiger partial charge in [-0.1, -0.05) is 6.07 Å². The molecule has 0 aliphatic heterocycles. The topological polar surface area (TPSA) is 56.3 Å². The molecule has 0 bridgehead atoms. The fraction of sp³-hybridized carbons (Fsp3) is 0.438. The first kappa shape index (κ1) is 15.4. The van der Waals surface area contributed by atoms with E-state index in [1.807, 2.05) is 30.1 Å². The van der Waals surface area contributed by atoms with Crippen molar-refractivity contribution in [1.29, 1.82) is 0 Å². The lowest BCUT2D eigenvalue weighted by molar-refractivity contribution is 0.414. The van der Waals surface area contributed by atoms with Crippen molar-refractivity contribution in [2.45, 2.75) is 12.8 Å². The van der Waals surface area contributed by atoms with Gasteiger partial charge in [-0.25, -0.2) is 0 Å². The molecular formula is C16H24N4O. The maximum atomic E-state index is 5.66. The molecule has 0 radical (unpaired) electrons. The van der Waals surface area contributed by atoms with E-state index in [0.717, 1.165) is 31.7 Å². The van der Waals surface area contributed by atoms with Crippen molar-refractivity contribution >= 4 is 5.69 Å². The van der Waals surface area contributed by atoms with E-state index < -0.39 is 0 Å². The van der Waals surface area contributed by atoms with E-state index in [1.54, 1.807) is 7.11 Å². The molecule has 1 aromatic heterocycles. The standard InChI is InChI=1S/C16H24N4O/c1-19-14(7-10-18-19)8-12-20(11-4-9-17)15-5-3-6-16(13-15)21-2/h3,5-7,10,13H,4,8-9,11-12,17H2,1-2H3. The molecule has 0 saturated heterocycles. The average molecular weight is 288 g/mol. The van der Waals surface area contributed by atoms with Gasteiger partial charge in [-0.2, -0.15) is 5.10 Å². The van der Waals surface area contributed by atoms with E-state index in [-0.39, 0.29) is 0 Å².